The summed E-state index contributed by atoms with van der Waals surface area (Å²) in [6.45, 7) is 9.85. The lowest BCUT2D eigenvalue weighted by atomic mass is 10.1. The first-order chi connectivity index (χ1) is 14.6. The largest absolute Gasteiger partial charge is 0.349 e. The van der Waals surface area contributed by atoms with Gasteiger partial charge in [0, 0.05) is 36.1 Å². The standard InChI is InChI=1S/C23H28N6S/c1-4-9-29-16(2)11-19(17(29)3)14-28-10-5-6-21(28)20-15-30-23(26-20)27-22-12-18(13-24)7-8-25-22/h7-8,11-12,15,21H,4-6,9-10,14H2,1-3H3,(H,25,26,27)/t21-/m0/s1. The Balaban J connectivity index is 1.48. The first kappa shape index (κ1) is 20.6. The second-order valence-corrected chi connectivity index (χ2v) is 8.78. The summed E-state index contributed by atoms with van der Waals surface area (Å²) in [6.07, 6.45) is 5.13. The predicted octanol–water partition coefficient (Wildman–Crippen LogP) is 5.32. The first-order valence-electron chi connectivity index (χ1n) is 10.6. The molecule has 156 valence electrons. The quantitative estimate of drug-likeness (QED) is 0.560. The van der Waals surface area contributed by atoms with Gasteiger partial charge in [-0.1, -0.05) is 6.92 Å². The van der Waals surface area contributed by atoms with Crippen molar-refractivity contribution in [3.05, 3.63) is 58.0 Å². The average molecular weight is 421 g/mol. The second kappa shape index (κ2) is 8.99. The molecule has 1 fully saturated rings. The van der Waals surface area contributed by atoms with Crippen LogP contribution in [0, 0.1) is 25.2 Å². The summed E-state index contributed by atoms with van der Waals surface area (Å²) in [5, 5.41) is 15.3. The zero-order chi connectivity index (χ0) is 21.1. The number of likely N-dealkylation sites (tertiary alicyclic amines) is 1. The summed E-state index contributed by atoms with van der Waals surface area (Å²) in [4.78, 5) is 11.7. The summed E-state index contributed by atoms with van der Waals surface area (Å²) in [5.41, 5.74) is 5.89. The number of nitrogens with one attached hydrogen (secondary N) is 1. The molecule has 6 nitrogen and oxygen atoms in total. The second-order valence-electron chi connectivity index (χ2n) is 7.92. The number of pyridine rings is 1. The van der Waals surface area contributed by atoms with Crippen LogP contribution >= 0.6 is 11.3 Å². The maximum Gasteiger partial charge on any atom is 0.188 e. The average Bonchev–Trinajstić information content (AvgIpc) is 3.45. The van der Waals surface area contributed by atoms with Crippen LogP contribution < -0.4 is 5.32 Å². The van der Waals surface area contributed by atoms with Gasteiger partial charge in [-0.25, -0.2) is 9.97 Å². The Kier molecular flexibility index (Phi) is 6.16. The minimum Gasteiger partial charge on any atom is -0.349 e. The molecule has 3 aromatic heterocycles. The van der Waals surface area contributed by atoms with Crippen LogP contribution in [0.15, 0.2) is 29.8 Å². The maximum absolute atomic E-state index is 9.07. The van der Waals surface area contributed by atoms with Crippen molar-refractivity contribution in [3.63, 3.8) is 0 Å². The Bertz CT molecular complexity index is 1060. The molecule has 0 bridgehead atoms. The van der Waals surface area contributed by atoms with E-state index in [0.29, 0.717) is 17.4 Å². The number of aryl methyl sites for hydroxylation is 1. The highest BCUT2D eigenvalue weighted by atomic mass is 32.1. The highest BCUT2D eigenvalue weighted by Crippen LogP contribution is 2.35. The highest BCUT2D eigenvalue weighted by molar-refractivity contribution is 7.13. The first-order valence-corrected chi connectivity index (χ1v) is 11.4. The fourth-order valence-electron chi connectivity index (χ4n) is 4.34. The smallest absolute Gasteiger partial charge is 0.188 e. The van der Waals surface area contributed by atoms with Crippen LogP contribution in [0.5, 0.6) is 0 Å². The van der Waals surface area contributed by atoms with E-state index in [0.717, 1.165) is 43.3 Å². The van der Waals surface area contributed by atoms with E-state index in [9.17, 15) is 0 Å². The number of hydrogen-bond acceptors (Lipinski definition) is 6. The van der Waals surface area contributed by atoms with Crippen molar-refractivity contribution in [1.29, 1.82) is 5.26 Å². The molecule has 0 radical (unpaired) electrons. The van der Waals surface area contributed by atoms with E-state index >= 15 is 0 Å². The fraction of sp³-hybridized carbons (Fsp3) is 0.435. The van der Waals surface area contributed by atoms with Gasteiger partial charge in [0.1, 0.15) is 5.82 Å². The molecule has 7 heteroatoms. The van der Waals surface area contributed by atoms with Crippen molar-refractivity contribution >= 4 is 22.3 Å². The summed E-state index contributed by atoms with van der Waals surface area (Å²) in [6, 6.07) is 8.29. The molecule has 0 saturated carbocycles. The zero-order valence-electron chi connectivity index (χ0n) is 17.9. The summed E-state index contributed by atoms with van der Waals surface area (Å²) in [5.74, 6) is 0.654. The molecule has 30 heavy (non-hydrogen) atoms. The highest BCUT2D eigenvalue weighted by Gasteiger charge is 2.29. The molecule has 3 aromatic rings. The van der Waals surface area contributed by atoms with E-state index in [1.54, 1.807) is 29.7 Å². The van der Waals surface area contributed by atoms with Gasteiger partial charge in [0.05, 0.1) is 23.4 Å². The van der Waals surface area contributed by atoms with Crippen LogP contribution in [0.1, 0.15) is 60.4 Å². The molecule has 0 unspecified atom stereocenters. The molecule has 0 aromatic carbocycles. The molecule has 0 spiro atoms. The number of rotatable bonds is 7. The third-order valence-corrected chi connectivity index (χ3v) is 6.63. The number of aromatic nitrogens is 3. The van der Waals surface area contributed by atoms with E-state index in [-0.39, 0.29) is 0 Å². The van der Waals surface area contributed by atoms with Gasteiger partial charge < -0.3 is 9.88 Å². The van der Waals surface area contributed by atoms with Crippen LogP contribution in [0.2, 0.25) is 0 Å². The van der Waals surface area contributed by atoms with Gasteiger partial charge in [0.25, 0.3) is 0 Å². The van der Waals surface area contributed by atoms with Gasteiger partial charge in [-0.3, -0.25) is 4.90 Å². The van der Waals surface area contributed by atoms with Crippen LogP contribution in [0.3, 0.4) is 0 Å². The van der Waals surface area contributed by atoms with E-state index < -0.39 is 0 Å². The minimum absolute atomic E-state index is 0.351. The van der Waals surface area contributed by atoms with E-state index in [1.807, 2.05) is 0 Å². The van der Waals surface area contributed by atoms with Crippen LogP contribution in [-0.2, 0) is 13.1 Å². The zero-order valence-corrected chi connectivity index (χ0v) is 18.7. The van der Waals surface area contributed by atoms with Crippen molar-refractivity contribution in [1.82, 2.24) is 19.4 Å². The number of hydrogen-bond donors (Lipinski definition) is 1. The number of anilines is 2. The number of nitriles is 1. The molecule has 0 amide bonds. The van der Waals surface area contributed by atoms with Gasteiger partial charge in [0.2, 0.25) is 0 Å². The van der Waals surface area contributed by atoms with Crippen molar-refractivity contribution in [2.75, 3.05) is 11.9 Å². The van der Waals surface area contributed by atoms with Crippen molar-refractivity contribution in [2.45, 2.75) is 59.2 Å². The van der Waals surface area contributed by atoms with Crippen molar-refractivity contribution < 1.29 is 0 Å². The van der Waals surface area contributed by atoms with E-state index in [4.69, 9.17) is 10.2 Å². The molecular formula is C23H28N6S. The molecule has 4 heterocycles. The third-order valence-electron chi connectivity index (χ3n) is 5.85. The summed E-state index contributed by atoms with van der Waals surface area (Å²) >= 11 is 1.59. The lowest BCUT2D eigenvalue weighted by Crippen LogP contribution is -2.23. The lowest BCUT2D eigenvalue weighted by Gasteiger charge is -2.23. The summed E-state index contributed by atoms with van der Waals surface area (Å²) < 4.78 is 2.44. The van der Waals surface area contributed by atoms with E-state index in [1.165, 1.54) is 23.4 Å². The fourth-order valence-corrected chi connectivity index (χ4v) is 5.11. The number of nitrogens with zero attached hydrogens (tertiary/aromatic N) is 5. The molecular weight excluding hydrogens is 392 g/mol. The SMILES string of the molecule is CCCn1c(C)cc(CN2CCC[C@H]2c2csc(Nc3cc(C#N)ccn3)n2)c1C. The predicted molar refractivity (Wildman–Crippen MR) is 121 cm³/mol. The molecule has 1 aliphatic heterocycles. The van der Waals surface area contributed by atoms with Gasteiger partial charge in [-0.2, -0.15) is 5.26 Å². The maximum atomic E-state index is 9.07. The molecule has 4 rings (SSSR count). The molecule has 1 N–H and O–H groups in total. The lowest BCUT2D eigenvalue weighted by molar-refractivity contribution is 0.244. The van der Waals surface area contributed by atoms with Gasteiger partial charge >= 0.3 is 0 Å². The normalized spacial score (nSPS) is 16.7. The monoisotopic (exact) mass is 420 g/mol. The molecule has 1 atom stereocenters. The van der Waals surface area contributed by atoms with Crippen LogP contribution in [0.25, 0.3) is 0 Å². The van der Waals surface area contributed by atoms with Crippen LogP contribution in [0.4, 0.5) is 10.9 Å². The Morgan fingerprint density at radius 2 is 2.20 bits per heavy atom. The Morgan fingerprint density at radius 1 is 1.33 bits per heavy atom. The Hall–Kier alpha value is -2.69. The number of thiazole rings is 1. The van der Waals surface area contributed by atoms with Gasteiger partial charge in [0.15, 0.2) is 5.13 Å². The Labute approximate surface area is 182 Å². The van der Waals surface area contributed by atoms with Crippen LogP contribution in [-0.4, -0.2) is 26.0 Å². The Morgan fingerprint density at radius 3 is 3.00 bits per heavy atom. The van der Waals surface area contributed by atoms with Crippen molar-refractivity contribution in [2.24, 2.45) is 0 Å². The van der Waals surface area contributed by atoms with Gasteiger partial charge in [-0.15, -0.1) is 11.3 Å². The van der Waals surface area contributed by atoms with Gasteiger partial charge in [-0.05, 0) is 63.4 Å². The topological polar surface area (TPSA) is 69.8 Å². The van der Waals surface area contributed by atoms with Crippen molar-refractivity contribution in [3.8, 4) is 6.07 Å². The molecule has 0 aliphatic carbocycles. The molecule has 1 aliphatic rings. The third kappa shape index (κ3) is 4.25. The molecule has 1 saturated heterocycles. The van der Waals surface area contributed by atoms with E-state index in [2.05, 4.69) is 58.1 Å². The summed E-state index contributed by atoms with van der Waals surface area (Å²) in [7, 11) is 0. The minimum atomic E-state index is 0.351.